The Labute approximate surface area is 165 Å². The zero-order valence-electron chi connectivity index (χ0n) is 16.5. The normalized spacial score (nSPS) is 18.9. The minimum absolute atomic E-state index is 0.272. The third-order valence-electron chi connectivity index (χ3n) is 4.54. The van der Waals surface area contributed by atoms with Crippen LogP contribution in [0.4, 0.5) is 0 Å². The minimum atomic E-state index is -1.20. The van der Waals surface area contributed by atoms with Crippen molar-refractivity contribution in [1.29, 1.82) is 0 Å². The number of nitrogens with zero attached hydrogens (tertiary/aromatic N) is 1. The summed E-state index contributed by atoms with van der Waals surface area (Å²) in [7, 11) is 1.62. The van der Waals surface area contributed by atoms with Gasteiger partial charge in [0.25, 0.3) is 5.91 Å². The Hall–Kier alpha value is -2.93. The van der Waals surface area contributed by atoms with Crippen LogP contribution in [0.2, 0.25) is 0 Å². The number of aliphatic hydroxyl groups is 1. The fourth-order valence-electron chi connectivity index (χ4n) is 2.75. The molecule has 0 saturated carbocycles. The van der Waals surface area contributed by atoms with Gasteiger partial charge in [-0.3, -0.25) is 14.4 Å². The van der Waals surface area contributed by atoms with Crippen LogP contribution in [0.5, 0.6) is 0 Å². The lowest BCUT2D eigenvalue weighted by Gasteiger charge is -2.25. The molecule has 150 valence electrons. The van der Waals surface area contributed by atoms with Gasteiger partial charge in [0, 0.05) is 13.2 Å². The van der Waals surface area contributed by atoms with Crippen molar-refractivity contribution in [3.63, 3.8) is 0 Å². The Morgan fingerprint density at radius 3 is 2.36 bits per heavy atom. The van der Waals surface area contributed by atoms with Crippen molar-refractivity contribution in [2.45, 2.75) is 39.0 Å². The van der Waals surface area contributed by atoms with E-state index in [2.05, 4.69) is 10.6 Å². The van der Waals surface area contributed by atoms with E-state index < -0.39 is 30.0 Å². The standard InChI is InChI=1S/C21H27N3O4/c1-13(2)18(25)20(27)22-14(3)19(26)23-17-16(15-9-6-5-7-10-15)11-8-12-24(4)21(17)28/h5-14,17-18,25H,1-4H3,(H,22,27)(H,23,26)/t14-,17?,18-/m0/s1. The number of aliphatic hydroxyl groups excluding tert-OH is 1. The Balaban J connectivity index is 2.19. The predicted molar refractivity (Wildman–Crippen MR) is 107 cm³/mol. The number of rotatable bonds is 6. The van der Waals surface area contributed by atoms with Gasteiger partial charge in [-0.25, -0.2) is 0 Å². The van der Waals surface area contributed by atoms with Crippen molar-refractivity contribution >= 4 is 23.3 Å². The van der Waals surface area contributed by atoms with Gasteiger partial charge in [0.1, 0.15) is 18.2 Å². The van der Waals surface area contributed by atoms with Gasteiger partial charge >= 0.3 is 0 Å². The van der Waals surface area contributed by atoms with E-state index in [1.165, 1.54) is 11.8 Å². The molecule has 0 radical (unpaired) electrons. The van der Waals surface area contributed by atoms with E-state index in [-0.39, 0.29) is 11.8 Å². The molecule has 3 N–H and O–H groups in total. The van der Waals surface area contributed by atoms with E-state index in [1.54, 1.807) is 39.2 Å². The van der Waals surface area contributed by atoms with E-state index in [1.807, 2.05) is 30.3 Å². The van der Waals surface area contributed by atoms with Gasteiger partial charge in [0.15, 0.2) is 0 Å². The molecule has 1 unspecified atom stereocenters. The molecule has 1 aromatic carbocycles. The average Bonchev–Trinajstić information content (AvgIpc) is 2.81. The summed E-state index contributed by atoms with van der Waals surface area (Å²) < 4.78 is 0. The maximum atomic E-state index is 12.8. The van der Waals surface area contributed by atoms with E-state index in [9.17, 15) is 19.5 Å². The van der Waals surface area contributed by atoms with Gasteiger partial charge in [-0.1, -0.05) is 50.3 Å². The van der Waals surface area contributed by atoms with Gasteiger partial charge in [-0.2, -0.15) is 0 Å². The molecule has 1 heterocycles. The topological polar surface area (TPSA) is 98.7 Å². The van der Waals surface area contributed by atoms with Gasteiger partial charge < -0.3 is 20.6 Å². The molecule has 28 heavy (non-hydrogen) atoms. The van der Waals surface area contributed by atoms with E-state index in [0.717, 1.165) is 5.56 Å². The summed E-state index contributed by atoms with van der Waals surface area (Å²) in [6.07, 6.45) is 3.95. The third-order valence-corrected chi connectivity index (χ3v) is 4.54. The van der Waals surface area contributed by atoms with Crippen LogP contribution in [0.15, 0.2) is 48.7 Å². The minimum Gasteiger partial charge on any atom is -0.383 e. The number of hydrogen-bond acceptors (Lipinski definition) is 4. The van der Waals surface area contributed by atoms with Crippen molar-refractivity contribution < 1.29 is 19.5 Å². The van der Waals surface area contributed by atoms with Crippen LogP contribution in [-0.2, 0) is 14.4 Å². The summed E-state index contributed by atoms with van der Waals surface area (Å²) in [5.74, 6) is -1.70. The van der Waals surface area contributed by atoms with Crippen LogP contribution < -0.4 is 10.6 Å². The zero-order valence-corrected chi connectivity index (χ0v) is 16.5. The highest BCUT2D eigenvalue weighted by molar-refractivity contribution is 6.01. The Kier molecular flexibility index (Phi) is 7.12. The Morgan fingerprint density at radius 2 is 1.75 bits per heavy atom. The highest BCUT2D eigenvalue weighted by Gasteiger charge is 2.31. The highest BCUT2D eigenvalue weighted by atomic mass is 16.3. The number of hydrogen-bond donors (Lipinski definition) is 3. The molecule has 1 aromatic rings. The third kappa shape index (κ3) is 5.07. The molecule has 0 saturated heterocycles. The monoisotopic (exact) mass is 385 g/mol. The van der Waals surface area contributed by atoms with Crippen molar-refractivity contribution in [3.8, 4) is 0 Å². The van der Waals surface area contributed by atoms with Crippen molar-refractivity contribution in [1.82, 2.24) is 15.5 Å². The zero-order chi connectivity index (χ0) is 20.8. The number of carbonyl (C=O) groups is 3. The average molecular weight is 385 g/mol. The molecule has 3 atom stereocenters. The summed E-state index contributed by atoms with van der Waals surface area (Å²) in [5.41, 5.74) is 1.47. The second kappa shape index (κ2) is 9.32. The number of likely N-dealkylation sites (N-methyl/N-ethyl adjacent to an activating group) is 1. The number of benzene rings is 1. The number of nitrogens with one attached hydrogen (secondary N) is 2. The first-order chi connectivity index (χ1) is 13.2. The quantitative estimate of drug-likeness (QED) is 0.682. The first-order valence-corrected chi connectivity index (χ1v) is 9.21. The van der Waals surface area contributed by atoms with E-state index >= 15 is 0 Å². The summed E-state index contributed by atoms with van der Waals surface area (Å²) in [6.45, 7) is 4.92. The molecule has 7 nitrogen and oxygen atoms in total. The number of allylic oxidation sites excluding steroid dienone is 2. The van der Waals surface area contributed by atoms with Gasteiger partial charge in [-0.05, 0) is 30.1 Å². The molecule has 3 amide bonds. The Morgan fingerprint density at radius 1 is 1.11 bits per heavy atom. The van der Waals surface area contributed by atoms with E-state index in [4.69, 9.17) is 0 Å². The second-order valence-corrected chi connectivity index (χ2v) is 7.14. The molecule has 0 bridgehead atoms. The molecular weight excluding hydrogens is 358 g/mol. The maximum Gasteiger partial charge on any atom is 0.253 e. The fraction of sp³-hybridized carbons (Fsp3) is 0.381. The fourth-order valence-corrected chi connectivity index (χ4v) is 2.75. The molecule has 0 aliphatic carbocycles. The summed E-state index contributed by atoms with van der Waals surface area (Å²) >= 11 is 0. The van der Waals surface area contributed by atoms with Crippen LogP contribution in [0.3, 0.4) is 0 Å². The maximum absolute atomic E-state index is 12.8. The van der Waals surface area contributed by atoms with Crippen molar-refractivity contribution in [2.24, 2.45) is 5.92 Å². The van der Waals surface area contributed by atoms with Crippen LogP contribution in [0.25, 0.3) is 5.57 Å². The van der Waals surface area contributed by atoms with E-state index in [0.29, 0.717) is 5.57 Å². The lowest BCUT2D eigenvalue weighted by atomic mass is 9.97. The summed E-state index contributed by atoms with van der Waals surface area (Å²) in [4.78, 5) is 38.9. The molecule has 0 spiro atoms. The summed E-state index contributed by atoms with van der Waals surface area (Å²) in [6, 6.07) is 7.50. The number of carbonyl (C=O) groups excluding carboxylic acids is 3. The van der Waals surface area contributed by atoms with Crippen LogP contribution in [-0.4, -0.2) is 53.0 Å². The van der Waals surface area contributed by atoms with Gasteiger partial charge in [0.05, 0.1) is 0 Å². The Bertz CT molecular complexity index is 786. The molecule has 1 aliphatic heterocycles. The first-order valence-electron chi connectivity index (χ1n) is 9.21. The lowest BCUT2D eigenvalue weighted by Crippen LogP contribution is -2.54. The molecule has 7 heteroatoms. The van der Waals surface area contributed by atoms with Crippen LogP contribution in [0, 0.1) is 5.92 Å². The SMILES string of the molecule is CC(C)[C@H](O)C(=O)N[C@@H](C)C(=O)NC1C(=O)N(C)C=CC=C1c1ccccc1. The van der Waals surface area contributed by atoms with Crippen molar-refractivity contribution in [2.75, 3.05) is 7.05 Å². The van der Waals surface area contributed by atoms with Crippen LogP contribution >= 0.6 is 0 Å². The van der Waals surface area contributed by atoms with Crippen molar-refractivity contribution in [3.05, 3.63) is 54.2 Å². The molecule has 1 aliphatic rings. The molecule has 0 aromatic heterocycles. The molecular formula is C21H27N3O4. The number of amides is 3. The summed E-state index contributed by atoms with van der Waals surface area (Å²) in [5, 5.41) is 15.0. The van der Waals surface area contributed by atoms with Crippen LogP contribution in [0.1, 0.15) is 26.3 Å². The lowest BCUT2D eigenvalue weighted by molar-refractivity contribution is -0.136. The predicted octanol–water partition coefficient (Wildman–Crippen LogP) is 1.06. The molecule has 2 rings (SSSR count). The smallest absolute Gasteiger partial charge is 0.253 e. The highest BCUT2D eigenvalue weighted by Crippen LogP contribution is 2.22. The second-order valence-electron chi connectivity index (χ2n) is 7.14. The van der Waals surface area contributed by atoms with Gasteiger partial charge in [0.2, 0.25) is 11.8 Å². The van der Waals surface area contributed by atoms with Gasteiger partial charge in [-0.15, -0.1) is 0 Å². The molecule has 0 fully saturated rings. The first kappa shape index (κ1) is 21.4. The largest absolute Gasteiger partial charge is 0.383 e.